The van der Waals surface area contributed by atoms with Gasteiger partial charge in [-0.2, -0.15) is 13.2 Å². The van der Waals surface area contributed by atoms with E-state index in [4.69, 9.17) is 11.6 Å². The largest absolute Gasteiger partial charge is 0.417 e. The van der Waals surface area contributed by atoms with Crippen molar-refractivity contribution in [3.05, 3.63) is 52.4 Å². The van der Waals surface area contributed by atoms with Crippen molar-refractivity contribution >= 4 is 17.4 Å². The number of halogens is 4. The minimum atomic E-state index is -4.45. The molecule has 2 heterocycles. The van der Waals surface area contributed by atoms with Gasteiger partial charge in [0, 0.05) is 12.4 Å². The van der Waals surface area contributed by atoms with Gasteiger partial charge >= 0.3 is 6.18 Å². The van der Waals surface area contributed by atoms with Gasteiger partial charge in [-0.3, -0.25) is 4.98 Å². The Kier molecular flexibility index (Phi) is 4.13. The topological polar surface area (TPSA) is 37.8 Å². The van der Waals surface area contributed by atoms with Gasteiger partial charge in [-0.15, -0.1) is 0 Å². The number of aryl methyl sites for hydroxylation is 1. The van der Waals surface area contributed by atoms with Crippen LogP contribution >= 0.6 is 11.6 Å². The molecular weight excluding hydrogens is 291 g/mol. The number of nitrogens with zero attached hydrogens (tertiary/aromatic N) is 2. The van der Waals surface area contributed by atoms with Crippen LogP contribution in [0.1, 0.15) is 16.8 Å². The van der Waals surface area contributed by atoms with Gasteiger partial charge in [0.25, 0.3) is 0 Å². The Labute approximate surface area is 118 Å². The van der Waals surface area contributed by atoms with Gasteiger partial charge in [-0.05, 0) is 24.6 Å². The second-order valence-electron chi connectivity index (χ2n) is 4.17. The summed E-state index contributed by atoms with van der Waals surface area (Å²) in [6, 6.07) is 4.55. The molecule has 0 aliphatic carbocycles. The summed E-state index contributed by atoms with van der Waals surface area (Å²) in [4.78, 5) is 7.87. The Balaban J connectivity index is 2.13. The van der Waals surface area contributed by atoms with Gasteiger partial charge < -0.3 is 5.32 Å². The van der Waals surface area contributed by atoms with Crippen LogP contribution in [0.25, 0.3) is 0 Å². The monoisotopic (exact) mass is 301 g/mol. The van der Waals surface area contributed by atoms with Crippen molar-refractivity contribution in [2.45, 2.75) is 19.6 Å². The van der Waals surface area contributed by atoms with E-state index in [9.17, 15) is 13.2 Å². The number of nitrogens with one attached hydrogen (secondary N) is 1. The van der Waals surface area contributed by atoms with Crippen molar-refractivity contribution in [3.8, 4) is 0 Å². The smallest absolute Gasteiger partial charge is 0.363 e. The quantitative estimate of drug-likeness (QED) is 0.928. The Bertz CT molecular complexity index is 614. The van der Waals surface area contributed by atoms with Crippen LogP contribution in [-0.4, -0.2) is 9.97 Å². The Morgan fingerprint density at radius 1 is 1.30 bits per heavy atom. The number of aromatic nitrogens is 2. The molecule has 106 valence electrons. The number of hydrogen-bond acceptors (Lipinski definition) is 3. The highest BCUT2D eigenvalue weighted by Crippen LogP contribution is 2.32. The highest BCUT2D eigenvalue weighted by atomic mass is 35.5. The highest BCUT2D eigenvalue weighted by molar-refractivity contribution is 6.32. The molecule has 0 aliphatic heterocycles. The molecule has 0 saturated heterocycles. The Morgan fingerprint density at radius 3 is 2.65 bits per heavy atom. The van der Waals surface area contributed by atoms with Crippen molar-refractivity contribution < 1.29 is 13.2 Å². The molecule has 0 radical (unpaired) electrons. The summed E-state index contributed by atoms with van der Waals surface area (Å²) < 4.78 is 37.4. The molecule has 1 N–H and O–H groups in total. The van der Waals surface area contributed by atoms with Gasteiger partial charge in [0.2, 0.25) is 0 Å². The van der Waals surface area contributed by atoms with E-state index >= 15 is 0 Å². The van der Waals surface area contributed by atoms with Gasteiger partial charge in [0.05, 0.1) is 22.8 Å². The first-order chi connectivity index (χ1) is 9.38. The highest BCUT2D eigenvalue weighted by Gasteiger charge is 2.31. The van der Waals surface area contributed by atoms with E-state index in [-0.39, 0.29) is 10.8 Å². The van der Waals surface area contributed by atoms with E-state index < -0.39 is 11.7 Å². The Morgan fingerprint density at radius 2 is 2.05 bits per heavy atom. The third-order valence-electron chi connectivity index (χ3n) is 2.71. The molecule has 0 saturated carbocycles. The van der Waals surface area contributed by atoms with Gasteiger partial charge in [0.15, 0.2) is 0 Å². The van der Waals surface area contributed by atoms with Gasteiger partial charge in [0.1, 0.15) is 5.82 Å². The van der Waals surface area contributed by atoms with Crippen LogP contribution in [0.2, 0.25) is 5.02 Å². The first kappa shape index (κ1) is 14.6. The molecule has 0 atom stereocenters. The zero-order chi connectivity index (χ0) is 14.8. The molecule has 0 amide bonds. The van der Waals surface area contributed by atoms with Crippen molar-refractivity contribution in [1.82, 2.24) is 9.97 Å². The van der Waals surface area contributed by atoms with Crippen molar-refractivity contribution in [3.63, 3.8) is 0 Å². The summed E-state index contributed by atoms with van der Waals surface area (Å²) in [5.74, 6) is 0.199. The second kappa shape index (κ2) is 5.66. The first-order valence-electron chi connectivity index (χ1n) is 5.75. The number of hydrogen-bond donors (Lipinski definition) is 1. The molecule has 7 heteroatoms. The van der Waals surface area contributed by atoms with E-state index in [0.29, 0.717) is 6.54 Å². The van der Waals surface area contributed by atoms with Gasteiger partial charge in [-0.25, -0.2) is 4.98 Å². The molecule has 0 fully saturated rings. The average Bonchev–Trinajstić information content (AvgIpc) is 2.38. The van der Waals surface area contributed by atoms with Crippen molar-refractivity contribution in [2.24, 2.45) is 0 Å². The fourth-order valence-corrected chi connectivity index (χ4v) is 1.83. The summed E-state index contributed by atoms with van der Waals surface area (Å²) in [6.45, 7) is 2.23. The molecule has 2 aromatic heterocycles. The molecule has 0 unspecified atom stereocenters. The minimum Gasteiger partial charge on any atom is -0.363 e. The van der Waals surface area contributed by atoms with Crippen LogP contribution < -0.4 is 5.32 Å². The molecule has 0 spiro atoms. The lowest BCUT2D eigenvalue weighted by molar-refractivity contribution is -0.137. The molecule has 20 heavy (non-hydrogen) atoms. The SMILES string of the molecule is Cc1cccnc1CNc1ncc(C(F)(F)F)cc1Cl. The number of anilines is 1. The van der Waals surface area contributed by atoms with E-state index in [1.54, 1.807) is 6.20 Å². The minimum absolute atomic E-state index is 0.0755. The van der Waals surface area contributed by atoms with Crippen LogP contribution in [0.15, 0.2) is 30.6 Å². The van der Waals surface area contributed by atoms with Crippen molar-refractivity contribution in [1.29, 1.82) is 0 Å². The van der Waals surface area contributed by atoms with Crippen LogP contribution in [0.5, 0.6) is 0 Å². The summed E-state index contributed by atoms with van der Waals surface area (Å²) >= 11 is 5.80. The maximum atomic E-state index is 12.5. The first-order valence-corrected chi connectivity index (χ1v) is 6.13. The molecule has 2 aromatic rings. The number of pyridine rings is 2. The maximum Gasteiger partial charge on any atom is 0.417 e. The Hall–Kier alpha value is -1.82. The molecule has 2 rings (SSSR count). The van der Waals surface area contributed by atoms with E-state index in [2.05, 4.69) is 15.3 Å². The summed E-state index contributed by atoms with van der Waals surface area (Å²) in [6.07, 6.45) is -2.06. The fraction of sp³-hybridized carbons (Fsp3) is 0.231. The molecule has 0 aromatic carbocycles. The van der Waals surface area contributed by atoms with E-state index in [1.807, 2.05) is 19.1 Å². The normalized spacial score (nSPS) is 11.4. The standard InChI is InChI=1S/C13H11ClF3N3/c1-8-3-2-4-18-11(8)7-20-12-10(14)5-9(6-19-12)13(15,16)17/h2-6H,7H2,1H3,(H,19,20). The lowest BCUT2D eigenvalue weighted by Crippen LogP contribution is -2.09. The van der Waals surface area contributed by atoms with Crippen LogP contribution in [-0.2, 0) is 12.7 Å². The van der Waals surface area contributed by atoms with Gasteiger partial charge in [-0.1, -0.05) is 17.7 Å². The zero-order valence-electron chi connectivity index (χ0n) is 10.5. The summed E-state index contributed by atoms with van der Waals surface area (Å²) in [5.41, 5.74) is 0.885. The molecule has 3 nitrogen and oxygen atoms in total. The lowest BCUT2D eigenvalue weighted by Gasteiger charge is -2.11. The van der Waals surface area contributed by atoms with E-state index in [1.165, 1.54) is 0 Å². The number of alkyl halides is 3. The third-order valence-corrected chi connectivity index (χ3v) is 3.00. The fourth-order valence-electron chi connectivity index (χ4n) is 1.59. The van der Waals surface area contributed by atoms with E-state index in [0.717, 1.165) is 23.5 Å². The third kappa shape index (κ3) is 3.39. The summed E-state index contributed by atoms with van der Waals surface area (Å²) in [7, 11) is 0. The van der Waals surface area contributed by atoms with Crippen LogP contribution in [0.4, 0.5) is 19.0 Å². The predicted molar refractivity (Wildman–Crippen MR) is 70.5 cm³/mol. The van der Waals surface area contributed by atoms with Crippen LogP contribution in [0.3, 0.4) is 0 Å². The van der Waals surface area contributed by atoms with Crippen LogP contribution in [0, 0.1) is 6.92 Å². The average molecular weight is 302 g/mol. The molecule has 0 aliphatic rings. The summed E-state index contributed by atoms with van der Waals surface area (Å²) in [5, 5.41) is 2.80. The van der Waals surface area contributed by atoms with Crippen molar-refractivity contribution in [2.75, 3.05) is 5.32 Å². The molecular formula is C13H11ClF3N3. The zero-order valence-corrected chi connectivity index (χ0v) is 11.3. The number of rotatable bonds is 3. The second-order valence-corrected chi connectivity index (χ2v) is 4.58. The lowest BCUT2D eigenvalue weighted by atomic mass is 10.2. The predicted octanol–water partition coefficient (Wildman–Crippen LogP) is 4.07. The molecule has 0 bridgehead atoms. The maximum absolute atomic E-state index is 12.5.